The summed E-state index contributed by atoms with van der Waals surface area (Å²) in [7, 11) is 0. The van der Waals surface area contributed by atoms with Crippen LogP contribution in [0.4, 0.5) is 5.69 Å². The van der Waals surface area contributed by atoms with Crippen LogP contribution < -0.4 is 10.1 Å². The van der Waals surface area contributed by atoms with Crippen molar-refractivity contribution in [2.24, 2.45) is 11.3 Å². The van der Waals surface area contributed by atoms with Crippen LogP contribution in [0, 0.1) is 25.2 Å². The average Bonchev–Trinajstić information content (AvgIpc) is 2.25. The van der Waals surface area contributed by atoms with E-state index >= 15 is 0 Å². The Morgan fingerprint density at radius 3 is 2.10 bits per heavy atom. The van der Waals surface area contributed by atoms with E-state index in [0.29, 0.717) is 12.5 Å². The molecular formula is C17H27NO2. The van der Waals surface area contributed by atoms with Gasteiger partial charge in [-0.25, -0.2) is 0 Å². The molecule has 0 radical (unpaired) electrons. The van der Waals surface area contributed by atoms with Crippen LogP contribution in [-0.2, 0) is 4.79 Å². The number of ether oxygens (including phenoxy) is 1. The van der Waals surface area contributed by atoms with Crippen molar-refractivity contribution >= 4 is 11.6 Å². The molecule has 0 spiro atoms. The highest BCUT2D eigenvalue weighted by molar-refractivity contribution is 5.94. The molecule has 1 aromatic rings. The second kappa shape index (κ2) is 6.29. The first-order valence-electron chi connectivity index (χ1n) is 7.16. The van der Waals surface area contributed by atoms with Gasteiger partial charge in [-0.2, -0.15) is 0 Å². The van der Waals surface area contributed by atoms with Crippen molar-refractivity contribution in [3.63, 3.8) is 0 Å². The molecule has 0 heterocycles. The summed E-state index contributed by atoms with van der Waals surface area (Å²) < 4.78 is 5.84. The molecule has 0 unspecified atom stereocenters. The molecule has 1 N–H and O–H groups in total. The Kier molecular flexibility index (Phi) is 5.21. The Morgan fingerprint density at radius 1 is 1.20 bits per heavy atom. The summed E-state index contributed by atoms with van der Waals surface area (Å²) in [5.74, 6) is 1.44. The highest BCUT2D eigenvalue weighted by atomic mass is 16.5. The monoisotopic (exact) mass is 277 g/mol. The molecule has 3 heteroatoms. The zero-order valence-corrected chi connectivity index (χ0v) is 13.8. The van der Waals surface area contributed by atoms with Gasteiger partial charge in [-0.1, -0.05) is 34.6 Å². The number of hydrogen-bond donors (Lipinski definition) is 1. The van der Waals surface area contributed by atoms with Gasteiger partial charge in [-0.3, -0.25) is 4.79 Å². The van der Waals surface area contributed by atoms with Crippen molar-refractivity contribution < 1.29 is 9.53 Å². The molecule has 1 amide bonds. The second-order valence-corrected chi connectivity index (χ2v) is 6.85. The van der Waals surface area contributed by atoms with E-state index in [0.717, 1.165) is 22.6 Å². The van der Waals surface area contributed by atoms with Crippen molar-refractivity contribution in [3.05, 3.63) is 23.3 Å². The molecule has 0 saturated carbocycles. The van der Waals surface area contributed by atoms with Crippen molar-refractivity contribution in [3.8, 4) is 5.75 Å². The van der Waals surface area contributed by atoms with Crippen molar-refractivity contribution in [1.29, 1.82) is 0 Å². The molecule has 1 rings (SSSR count). The van der Waals surface area contributed by atoms with E-state index in [2.05, 4.69) is 19.2 Å². The standard InChI is InChI=1S/C17H27NO2/c1-11(2)10-20-15-12(3)8-14(9-13(15)4)18-16(19)17(5,6)7/h8-9,11H,10H2,1-7H3,(H,18,19). The molecule has 0 saturated heterocycles. The number of rotatable bonds is 4. The number of nitrogens with one attached hydrogen (secondary N) is 1. The van der Waals surface area contributed by atoms with Gasteiger partial charge in [-0.05, 0) is 43.0 Å². The molecule has 3 nitrogen and oxygen atoms in total. The van der Waals surface area contributed by atoms with E-state index in [4.69, 9.17) is 4.74 Å². The molecule has 0 aromatic heterocycles. The summed E-state index contributed by atoms with van der Waals surface area (Å²) in [6.07, 6.45) is 0. The summed E-state index contributed by atoms with van der Waals surface area (Å²) in [6, 6.07) is 3.93. The highest BCUT2D eigenvalue weighted by Crippen LogP contribution is 2.28. The molecule has 1 aromatic carbocycles. The van der Waals surface area contributed by atoms with Crippen LogP contribution in [0.15, 0.2) is 12.1 Å². The molecule has 0 bridgehead atoms. The normalized spacial score (nSPS) is 11.6. The molecule has 0 aliphatic carbocycles. The van der Waals surface area contributed by atoms with Crippen LogP contribution >= 0.6 is 0 Å². The summed E-state index contributed by atoms with van der Waals surface area (Å²) in [4.78, 5) is 12.0. The Balaban J connectivity index is 2.91. The number of carbonyl (C=O) groups is 1. The summed E-state index contributed by atoms with van der Waals surface area (Å²) in [5, 5.41) is 2.96. The number of benzene rings is 1. The fraction of sp³-hybridized carbons (Fsp3) is 0.588. The number of anilines is 1. The fourth-order valence-corrected chi connectivity index (χ4v) is 1.82. The maximum absolute atomic E-state index is 12.0. The van der Waals surface area contributed by atoms with Gasteiger partial charge < -0.3 is 10.1 Å². The van der Waals surface area contributed by atoms with E-state index in [1.165, 1.54) is 0 Å². The summed E-state index contributed by atoms with van der Waals surface area (Å²) >= 11 is 0. The Morgan fingerprint density at radius 2 is 1.70 bits per heavy atom. The Bertz CT molecular complexity index is 461. The Hall–Kier alpha value is -1.51. The lowest BCUT2D eigenvalue weighted by molar-refractivity contribution is -0.123. The number of amides is 1. The summed E-state index contributed by atoms with van der Waals surface area (Å²) in [5.41, 5.74) is 2.54. The topological polar surface area (TPSA) is 38.3 Å². The van der Waals surface area contributed by atoms with E-state index in [9.17, 15) is 4.79 Å². The minimum Gasteiger partial charge on any atom is -0.493 e. The zero-order chi connectivity index (χ0) is 15.5. The predicted octanol–water partition coefficient (Wildman–Crippen LogP) is 4.32. The molecule has 0 atom stereocenters. The first-order valence-corrected chi connectivity index (χ1v) is 7.16. The SMILES string of the molecule is Cc1cc(NC(=O)C(C)(C)C)cc(C)c1OCC(C)C. The second-order valence-electron chi connectivity index (χ2n) is 6.85. The van der Waals surface area contributed by atoms with Gasteiger partial charge in [0.1, 0.15) is 5.75 Å². The fourth-order valence-electron chi connectivity index (χ4n) is 1.82. The smallest absolute Gasteiger partial charge is 0.229 e. The van der Waals surface area contributed by atoms with Gasteiger partial charge in [0.05, 0.1) is 6.61 Å². The largest absolute Gasteiger partial charge is 0.493 e. The van der Waals surface area contributed by atoms with Gasteiger partial charge in [-0.15, -0.1) is 0 Å². The van der Waals surface area contributed by atoms with Crippen LogP contribution in [0.5, 0.6) is 5.75 Å². The van der Waals surface area contributed by atoms with E-state index in [-0.39, 0.29) is 5.91 Å². The lowest BCUT2D eigenvalue weighted by Gasteiger charge is -2.20. The molecule has 0 fully saturated rings. The lowest BCUT2D eigenvalue weighted by atomic mass is 9.95. The van der Waals surface area contributed by atoms with Crippen molar-refractivity contribution in [2.45, 2.75) is 48.5 Å². The minimum absolute atomic E-state index is 0.0205. The molecule has 112 valence electrons. The molecule has 20 heavy (non-hydrogen) atoms. The first-order chi connectivity index (χ1) is 9.11. The highest BCUT2D eigenvalue weighted by Gasteiger charge is 2.21. The zero-order valence-electron chi connectivity index (χ0n) is 13.8. The van der Waals surface area contributed by atoms with Gasteiger partial charge in [0, 0.05) is 11.1 Å². The van der Waals surface area contributed by atoms with E-state index in [1.807, 2.05) is 46.8 Å². The number of carbonyl (C=O) groups excluding carboxylic acids is 1. The van der Waals surface area contributed by atoms with Gasteiger partial charge in [0.25, 0.3) is 0 Å². The van der Waals surface area contributed by atoms with Crippen molar-refractivity contribution in [1.82, 2.24) is 0 Å². The number of aryl methyl sites for hydroxylation is 2. The van der Waals surface area contributed by atoms with Gasteiger partial charge in [0.2, 0.25) is 5.91 Å². The third-order valence-corrected chi connectivity index (χ3v) is 2.96. The maximum atomic E-state index is 12.0. The van der Waals surface area contributed by atoms with Crippen LogP contribution in [0.3, 0.4) is 0 Å². The number of hydrogen-bond acceptors (Lipinski definition) is 2. The van der Waals surface area contributed by atoms with Crippen LogP contribution in [0.2, 0.25) is 0 Å². The average molecular weight is 277 g/mol. The van der Waals surface area contributed by atoms with Crippen molar-refractivity contribution in [2.75, 3.05) is 11.9 Å². The third-order valence-electron chi connectivity index (χ3n) is 2.96. The van der Waals surface area contributed by atoms with Gasteiger partial charge >= 0.3 is 0 Å². The third kappa shape index (κ3) is 4.55. The lowest BCUT2D eigenvalue weighted by Crippen LogP contribution is -2.27. The summed E-state index contributed by atoms with van der Waals surface area (Å²) in [6.45, 7) is 14.7. The first kappa shape index (κ1) is 16.5. The molecule has 0 aliphatic heterocycles. The molecular weight excluding hydrogens is 250 g/mol. The Labute approximate surface area is 122 Å². The van der Waals surface area contributed by atoms with Crippen LogP contribution in [0.25, 0.3) is 0 Å². The van der Waals surface area contributed by atoms with Crippen LogP contribution in [0.1, 0.15) is 45.7 Å². The van der Waals surface area contributed by atoms with E-state index in [1.54, 1.807) is 0 Å². The van der Waals surface area contributed by atoms with Crippen LogP contribution in [-0.4, -0.2) is 12.5 Å². The molecule has 0 aliphatic rings. The maximum Gasteiger partial charge on any atom is 0.229 e. The van der Waals surface area contributed by atoms with E-state index < -0.39 is 5.41 Å². The quantitative estimate of drug-likeness (QED) is 0.890. The van der Waals surface area contributed by atoms with Gasteiger partial charge in [0.15, 0.2) is 0 Å². The predicted molar refractivity (Wildman–Crippen MR) is 84.3 cm³/mol. The minimum atomic E-state index is -0.394.